The molecule has 0 aliphatic heterocycles. The van der Waals surface area contributed by atoms with Crippen LogP contribution in [0.1, 0.15) is 50.6 Å². The van der Waals surface area contributed by atoms with Crippen molar-refractivity contribution in [3.8, 4) is 0 Å². The second kappa shape index (κ2) is 5.62. The monoisotopic (exact) mass is 261 g/mol. The molecule has 104 valence electrons. The van der Waals surface area contributed by atoms with Crippen LogP contribution in [0.15, 0.2) is 24.3 Å². The number of nitrogens with one attached hydrogen (secondary N) is 1. The van der Waals surface area contributed by atoms with Crippen LogP contribution in [0, 0.1) is 23.6 Å². The second-order valence-electron chi connectivity index (χ2n) is 6.17. The highest BCUT2D eigenvalue weighted by atomic mass is 19.1. The fourth-order valence-electron chi connectivity index (χ4n) is 3.99. The van der Waals surface area contributed by atoms with E-state index in [0.29, 0.717) is 6.04 Å². The Morgan fingerprint density at radius 3 is 2.37 bits per heavy atom. The number of fused-ring (bicyclic) bond motifs is 1. The summed E-state index contributed by atoms with van der Waals surface area (Å²) in [5, 5.41) is 3.70. The molecule has 0 spiro atoms. The van der Waals surface area contributed by atoms with Gasteiger partial charge < -0.3 is 5.32 Å². The van der Waals surface area contributed by atoms with E-state index in [1.807, 2.05) is 12.1 Å². The standard InChI is InChI=1S/C17H24FN/c1-2-11-19-17(12-7-9-13(18)10-8-12)16-14-5-3-4-6-15(14)16/h7-10,14-17,19H,2-6,11H2,1H3. The molecule has 1 nitrogen and oxygen atoms in total. The van der Waals surface area contributed by atoms with Crippen molar-refractivity contribution in [3.05, 3.63) is 35.6 Å². The summed E-state index contributed by atoms with van der Waals surface area (Å²) in [5.41, 5.74) is 1.27. The molecule has 0 aromatic heterocycles. The zero-order valence-corrected chi connectivity index (χ0v) is 11.7. The van der Waals surface area contributed by atoms with Gasteiger partial charge in [0, 0.05) is 6.04 Å². The Hall–Kier alpha value is -0.890. The van der Waals surface area contributed by atoms with Crippen LogP contribution in [0.3, 0.4) is 0 Å². The quantitative estimate of drug-likeness (QED) is 0.833. The highest BCUT2D eigenvalue weighted by Gasteiger charge is 2.54. The number of rotatable bonds is 5. The third-order valence-electron chi connectivity index (χ3n) is 4.95. The van der Waals surface area contributed by atoms with E-state index < -0.39 is 0 Å². The van der Waals surface area contributed by atoms with Crippen molar-refractivity contribution in [2.75, 3.05) is 6.54 Å². The van der Waals surface area contributed by atoms with E-state index in [4.69, 9.17) is 0 Å². The van der Waals surface area contributed by atoms with Crippen LogP contribution in [0.2, 0.25) is 0 Å². The minimum atomic E-state index is -0.133. The molecule has 0 bridgehead atoms. The van der Waals surface area contributed by atoms with Crippen LogP contribution >= 0.6 is 0 Å². The summed E-state index contributed by atoms with van der Waals surface area (Å²) >= 11 is 0. The van der Waals surface area contributed by atoms with Crippen molar-refractivity contribution in [1.29, 1.82) is 0 Å². The van der Waals surface area contributed by atoms with Crippen molar-refractivity contribution >= 4 is 0 Å². The predicted molar refractivity (Wildman–Crippen MR) is 76.4 cm³/mol. The topological polar surface area (TPSA) is 12.0 Å². The van der Waals surface area contributed by atoms with Crippen molar-refractivity contribution in [3.63, 3.8) is 0 Å². The first-order valence-corrected chi connectivity index (χ1v) is 7.80. The van der Waals surface area contributed by atoms with E-state index in [1.165, 1.54) is 31.2 Å². The van der Waals surface area contributed by atoms with Gasteiger partial charge in [0.1, 0.15) is 5.82 Å². The molecule has 0 amide bonds. The highest BCUT2D eigenvalue weighted by Crippen LogP contribution is 2.60. The third-order valence-corrected chi connectivity index (χ3v) is 4.95. The minimum absolute atomic E-state index is 0.133. The average molecular weight is 261 g/mol. The summed E-state index contributed by atoms with van der Waals surface area (Å²) < 4.78 is 13.1. The van der Waals surface area contributed by atoms with E-state index in [1.54, 1.807) is 12.1 Å². The van der Waals surface area contributed by atoms with Crippen LogP contribution < -0.4 is 5.32 Å². The van der Waals surface area contributed by atoms with Gasteiger partial charge in [-0.3, -0.25) is 0 Å². The third kappa shape index (κ3) is 2.69. The fraction of sp³-hybridized carbons (Fsp3) is 0.647. The lowest BCUT2D eigenvalue weighted by atomic mass is 9.99. The summed E-state index contributed by atoms with van der Waals surface area (Å²) in [5.74, 6) is 2.51. The molecule has 1 N–H and O–H groups in total. The summed E-state index contributed by atoms with van der Waals surface area (Å²) in [7, 11) is 0. The number of halogens is 1. The lowest BCUT2D eigenvalue weighted by Crippen LogP contribution is -2.25. The van der Waals surface area contributed by atoms with Crippen molar-refractivity contribution < 1.29 is 4.39 Å². The molecule has 0 radical (unpaired) electrons. The fourth-order valence-corrected chi connectivity index (χ4v) is 3.99. The van der Waals surface area contributed by atoms with Crippen LogP contribution in [0.25, 0.3) is 0 Å². The molecule has 2 heteroatoms. The summed E-state index contributed by atoms with van der Waals surface area (Å²) in [6, 6.07) is 7.57. The molecule has 2 fully saturated rings. The highest BCUT2D eigenvalue weighted by molar-refractivity contribution is 5.24. The Bertz CT molecular complexity index is 402. The van der Waals surface area contributed by atoms with Gasteiger partial charge in [-0.1, -0.05) is 31.9 Å². The molecule has 3 atom stereocenters. The lowest BCUT2D eigenvalue weighted by Gasteiger charge is -2.19. The van der Waals surface area contributed by atoms with Gasteiger partial charge in [0.25, 0.3) is 0 Å². The molecule has 2 aliphatic carbocycles. The molecular formula is C17H24FN. The van der Waals surface area contributed by atoms with Crippen LogP contribution in [0.4, 0.5) is 4.39 Å². The largest absolute Gasteiger partial charge is 0.310 e. The van der Waals surface area contributed by atoms with Gasteiger partial charge in [-0.2, -0.15) is 0 Å². The Labute approximate surface area is 115 Å². The van der Waals surface area contributed by atoms with Crippen molar-refractivity contribution in [2.45, 2.75) is 45.1 Å². The Kier molecular flexibility index (Phi) is 3.88. The average Bonchev–Trinajstić information content (AvgIpc) is 3.16. The maximum absolute atomic E-state index is 13.1. The molecule has 0 heterocycles. The zero-order chi connectivity index (χ0) is 13.2. The number of benzene rings is 1. The van der Waals surface area contributed by atoms with Crippen LogP contribution in [-0.2, 0) is 0 Å². The van der Waals surface area contributed by atoms with Gasteiger partial charge >= 0.3 is 0 Å². The first-order chi connectivity index (χ1) is 9.31. The minimum Gasteiger partial charge on any atom is -0.310 e. The molecule has 0 saturated heterocycles. The molecule has 2 aliphatic rings. The van der Waals surface area contributed by atoms with Gasteiger partial charge in [-0.15, -0.1) is 0 Å². The van der Waals surface area contributed by atoms with E-state index in [2.05, 4.69) is 12.2 Å². The lowest BCUT2D eigenvalue weighted by molar-refractivity contribution is 0.445. The predicted octanol–water partition coefficient (Wildman–Crippen LogP) is 4.30. The first-order valence-electron chi connectivity index (χ1n) is 7.80. The molecule has 2 saturated carbocycles. The maximum atomic E-state index is 13.1. The van der Waals surface area contributed by atoms with Crippen molar-refractivity contribution in [1.82, 2.24) is 5.32 Å². The summed E-state index contributed by atoms with van der Waals surface area (Å²) in [6.45, 7) is 3.26. The van der Waals surface area contributed by atoms with Gasteiger partial charge in [0.2, 0.25) is 0 Å². The zero-order valence-electron chi connectivity index (χ0n) is 11.7. The molecule has 3 unspecified atom stereocenters. The van der Waals surface area contributed by atoms with Crippen molar-refractivity contribution in [2.24, 2.45) is 17.8 Å². The van der Waals surface area contributed by atoms with E-state index >= 15 is 0 Å². The molecule has 1 aromatic carbocycles. The summed E-state index contributed by atoms with van der Waals surface area (Å²) in [6.07, 6.45) is 6.77. The van der Waals surface area contributed by atoms with Gasteiger partial charge in [-0.05, 0) is 61.3 Å². The molecule has 19 heavy (non-hydrogen) atoms. The van der Waals surface area contributed by atoms with Crippen LogP contribution in [-0.4, -0.2) is 6.54 Å². The Morgan fingerprint density at radius 1 is 1.16 bits per heavy atom. The Morgan fingerprint density at radius 2 is 1.79 bits per heavy atom. The smallest absolute Gasteiger partial charge is 0.123 e. The van der Waals surface area contributed by atoms with Gasteiger partial charge in [-0.25, -0.2) is 4.39 Å². The maximum Gasteiger partial charge on any atom is 0.123 e. The SMILES string of the molecule is CCCNC(c1ccc(F)cc1)C1C2CCCCC21. The first kappa shape index (κ1) is 13.1. The number of hydrogen-bond acceptors (Lipinski definition) is 1. The number of hydrogen-bond donors (Lipinski definition) is 1. The Balaban J connectivity index is 1.76. The van der Waals surface area contributed by atoms with E-state index in [0.717, 1.165) is 30.7 Å². The van der Waals surface area contributed by atoms with E-state index in [9.17, 15) is 4.39 Å². The molecular weight excluding hydrogens is 237 g/mol. The normalized spacial score (nSPS) is 30.7. The van der Waals surface area contributed by atoms with Gasteiger partial charge in [0.05, 0.1) is 0 Å². The molecule has 3 rings (SSSR count). The van der Waals surface area contributed by atoms with Crippen LogP contribution in [0.5, 0.6) is 0 Å². The molecule has 1 aromatic rings. The van der Waals surface area contributed by atoms with Gasteiger partial charge in [0.15, 0.2) is 0 Å². The second-order valence-corrected chi connectivity index (χ2v) is 6.17. The van der Waals surface area contributed by atoms with E-state index in [-0.39, 0.29) is 5.82 Å². The summed E-state index contributed by atoms with van der Waals surface area (Å²) in [4.78, 5) is 0.